The van der Waals surface area contributed by atoms with Crippen molar-refractivity contribution in [3.63, 3.8) is 0 Å². The van der Waals surface area contributed by atoms with Gasteiger partial charge in [0, 0.05) is 47.5 Å². The second-order valence-electron chi connectivity index (χ2n) is 7.44. The molecular weight excluding hydrogens is 380 g/mol. The van der Waals surface area contributed by atoms with E-state index in [2.05, 4.69) is 53.7 Å². The molecule has 6 heteroatoms. The molecule has 0 aliphatic rings. The second-order valence-corrected chi connectivity index (χ2v) is 8.56. The van der Waals surface area contributed by atoms with Crippen LogP contribution in [0.3, 0.4) is 0 Å². The highest BCUT2D eigenvalue weighted by atomic mass is 32.1. The van der Waals surface area contributed by atoms with Gasteiger partial charge in [0.1, 0.15) is 6.10 Å². The Morgan fingerprint density at radius 1 is 1.17 bits per heavy atom. The summed E-state index contributed by atoms with van der Waals surface area (Å²) in [4.78, 5) is 9.99. The van der Waals surface area contributed by atoms with Crippen LogP contribution in [0.25, 0.3) is 10.1 Å². The van der Waals surface area contributed by atoms with Gasteiger partial charge in [-0.3, -0.25) is 9.98 Å². The van der Waals surface area contributed by atoms with Gasteiger partial charge in [0.2, 0.25) is 0 Å². The molecular formula is C23H30N4OS. The first-order valence-corrected chi connectivity index (χ1v) is 11.0. The van der Waals surface area contributed by atoms with E-state index in [1.807, 2.05) is 31.3 Å². The number of guanidine groups is 1. The molecule has 0 aliphatic heterocycles. The molecule has 0 fully saturated rings. The van der Waals surface area contributed by atoms with Crippen molar-refractivity contribution in [3.05, 3.63) is 65.3 Å². The number of nitrogens with zero attached hydrogens (tertiary/aromatic N) is 2. The molecule has 29 heavy (non-hydrogen) atoms. The third kappa shape index (κ3) is 5.78. The molecule has 0 saturated heterocycles. The minimum atomic E-state index is -0.574. The van der Waals surface area contributed by atoms with Crippen LogP contribution in [0.1, 0.15) is 43.2 Å². The summed E-state index contributed by atoms with van der Waals surface area (Å²) in [6.07, 6.45) is 3.15. The number of aliphatic imine (C=N–C) groups is 1. The van der Waals surface area contributed by atoms with Crippen molar-refractivity contribution in [3.8, 4) is 0 Å². The predicted octanol–water partition coefficient (Wildman–Crippen LogP) is 4.32. The summed E-state index contributed by atoms with van der Waals surface area (Å²) >= 11 is 1.63. The van der Waals surface area contributed by atoms with Crippen LogP contribution >= 0.6 is 11.3 Å². The molecule has 2 unspecified atom stereocenters. The van der Waals surface area contributed by atoms with Gasteiger partial charge in [0.25, 0.3) is 0 Å². The van der Waals surface area contributed by atoms with Crippen molar-refractivity contribution in [2.24, 2.45) is 10.9 Å². The summed E-state index contributed by atoms with van der Waals surface area (Å²) in [6, 6.07) is 14.3. The Bertz CT molecular complexity index is 890. The van der Waals surface area contributed by atoms with Crippen molar-refractivity contribution in [2.75, 3.05) is 19.6 Å². The van der Waals surface area contributed by atoms with Gasteiger partial charge >= 0.3 is 0 Å². The summed E-state index contributed by atoms with van der Waals surface area (Å²) in [6.45, 7) is 8.30. The fourth-order valence-corrected chi connectivity index (χ4v) is 4.34. The topological polar surface area (TPSA) is 69.5 Å². The van der Waals surface area contributed by atoms with E-state index in [0.29, 0.717) is 24.9 Å². The van der Waals surface area contributed by atoms with E-state index < -0.39 is 6.10 Å². The number of hydrogen-bond donors (Lipinski definition) is 3. The number of pyridine rings is 1. The molecule has 3 rings (SSSR count). The maximum atomic E-state index is 10.6. The Labute approximate surface area is 176 Å². The van der Waals surface area contributed by atoms with Crippen molar-refractivity contribution in [1.82, 2.24) is 15.6 Å². The number of benzene rings is 1. The number of nitrogens with one attached hydrogen (secondary N) is 2. The minimum absolute atomic E-state index is 0.298. The molecule has 1 aromatic carbocycles. The number of aliphatic hydroxyl groups excluding tert-OH is 1. The van der Waals surface area contributed by atoms with E-state index in [9.17, 15) is 5.11 Å². The molecule has 2 atom stereocenters. The first-order valence-electron chi connectivity index (χ1n) is 10.2. The largest absolute Gasteiger partial charge is 0.386 e. The lowest BCUT2D eigenvalue weighted by atomic mass is 9.89. The van der Waals surface area contributed by atoms with E-state index in [-0.39, 0.29) is 0 Å². The maximum absolute atomic E-state index is 10.6. The Kier molecular flexibility index (Phi) is 7.61. The zero-order valence-electron chi connectivity index (χ0n) is 17.3. The average molecular weight is 411 g/mol. The Morgan fingerprint density at radius 2 is 2.00 bits per heavy atom. The summed E-state index contributed by atoms with van der Waals surface area (Å²) < 4.78 is 1.19. The first-order chi connectivity index (χ1) is 14.1. The molecule has 0 radical (unpaired) electrons. The van der Waals surface area contributed by atoms with Gasteiger partial charge < -0.3 is 15.7 Å². The normalized spacial score (nSPS) is 14.2. The zero-order chi connectivity index (χ0) is 20.6. The number of fused-ring (bicyclic) bond motifs is 1. The van der Waals surface area contributed by atoms with Crippen LogP contribution in [0.4, 0.5) is 0 Å². The Morgan fingerprint density at radius 3 is 2.69 bits per heavy atom. The van der Waals surface area contributed by atoms with E-state index in [4.69, 9.17) is 4.99 Å². The van der Waals surface area contributed by atoms with Crippen molar-refractivity contribution < 1.29 is 5.11 Å². The quantitative estimate of drug-likeness (QED) is 0.382. The smallest absolute Gasteiger partial charge is 0.191 e. The van der Waals surface area contributed by atoms with Crippen LogP contribution in [0.15, 0.2) is 59.9 Å². The molecule has 154 valence electrons. The molecule has 2 heterocycles. The molecule has 0 saturated carbocycles. The molecule has 2 aromatic heterocycles. The second kappa shape index (κ2) is 10.4. The van der Waals surface area contributed by atoms with Gasteiger partial charge in [-0.05, 0) is 42.0 Å². The molecule has 0 spiro atoms. The lowest BCUT2D eigenvalue weighted by Gasteiger charge is -2.20. The van der Waals surface area contributed by atoms with Crippen LogP contribution in [-0.4, -0.2) is 35.7 Å². The SMILES string of the molecule is CCNC(=NCC(c1cccnc1)C(C)C)NCC(O)c1cc2ccccc2s1. The van der Waals surface area contributed by atoms with Crippen molar-refractivity contribution in [2.45, 2.75) is 32.8 Å². The molecule has 0 bridgehead atoms. The lowest BCUT2D eigenvalue weighted by molar-refractivity contribution is 0.184. The minimum Gasteiger partial charge on any atom is -0.386 e. The Balaban J connectivity index is 1.65. The van der Waals surface area contributed by atoms with Crippen LogP contribution < -0.4 is 10.6 Å². The van der Waals surface area contributed by atoms with Crippen LogP contribution in [0.2, 0.25) is 0 Å². The Hall–Kier alpha value is -2.44. The standard InChI is InChI=1S/C23H30N4OS/c1-4-25-23(26-14-19(16(2)3)18-9-7-11-24-13-18)27-15-20(28)22-12-17-8-5-6-10-21(17)29-22/h5-13,16,19-20,28H,4,14-15H2,1-3H3,(H2,25,26,27). The first kappa shape index (κ1) is 21.3. The van der Waals surface area contributed by atoms with Gasteiger partial charge in [-0.25, -0.2) is 0 Å². The van der Waals surface area contributed by atoms with Gasteiger partial charge in [-0.15, -0.1) is 11.3 Å². The third-order valence-electron chi connectivity index (χ3n) is 4.94. The van der Waals surface area contributed by atoms with Gasteiger partial charge in [0.15, 0.2) is 5.96 Å². The predicted molar refractivity (Wildman–Crippen MR) is 123 cm³/mol. The van der Waals surface area contributed by atoms with Crippen molar-refractivity contribution in [1.29, 1.82) is 0 Å². The number of aliphatic hydroxyl groups is 1. The third-order valence-corrected chi connectivity index (χ3v) is 6.16. The maximum Gasteiger partial charge on any atom is 0.191 e. The van der Waals surface area contributed by atoms with E-state index >= 15 is 0 Å². The monoisotopic (exact) mass is 410 g/mol. The summed E-state index contributed by atoms with van der Waals surface area (Å²) in [5.74, 6) is 1.48. The summed E-state index contributed by atoms with van der Waals surface area (Å²) in [5.41, 5.74) is 1.20. The van der Waals surface area contributed by atoms with Crippen LogP contribution in [-0.2, 0) is 0 Å². The molecule has 3 aromatic rings. The fourth-order valence-electron chi connectivity index (χ4n) is 3.29. The van der Waals surface area contributed by atoms with Gasteiger partial charge in [-0.2, -0.15) is 0 Å². The highest BCUT2D eigenvalue weighted by Crippen LogP contribution is 2.29. The fraction of sp³-hybridized carbons (Fsp3) is 0.391. The zero-order valence-corrected chi connectivity index (χ0v) is 18.1. The summed E-state index contributed by atoms with van der Waals surface area (Å²) in [5, 5.41) is 18.4. The van der Waals surface area contributed by atoms with Crippen LogP contribution in [0, 0.1) is 5.92 Å². The number of thiophene rings is 1. The molecule has 0 aliphatic carbocycles. The van der Waals surface area contributed by atoms with E-state index in [0.717, 1.165) is 17.4 Å². The van der Waals surface area contributed by atoms with Gasteiger partial charge in [-0.1, -0.05) is 38.1 Å². The van der Waals surface area contributed by atoms with Crippen LogP contribution in [0.5, 0.6) is 0 Å². The van der Waals surface area contributed by atoms with Crippen molar-refractivity contribution >= 4 is 27.4 Å². The highest BCUT2D eigenvalue weighted by molar-refractivity contribution is 7.19. The molecule has 5 nitrogen and oxygen atoms in total. The lowest BCUT2D eigenvalue weighted by Crippen LogP contribution is -2.39. The molecule has 0 amide bonds. The highest BCUT2D eigenvalue weighted by Gasteiger charge is 2.17. The van der Waals surface area contributed by atoms with E-state index in [1.54, 1.807) is 17.5 Å². The number of aromatic nitrogens is 1. The summed E-state index contributed by atoms with van der Waals surface area (Å²) in [7, 11) is 0. The molecule has 3 N–H and O–H groups in total. The number of hydrogen-bond acceptors (Lipinski definition) is 4. The number of rotatable bonds is 8. The van der Waals surface area contributed by atoms with Gasteiger partial charge in [0.05, 0.1) is 0 Å². The van der Waals surface area contributed by atoms with E-state index in [1.165, 1.54) is 15.6 Å². The average Bonchev–Trinajstić information content (AvgIpc) is 3.17.